The number of ether oxygens (including phenoxy) is 1. The van der Waals surface area contributed by atoms with Crippen LogP contribution in [0.15, 0.2) is 0 Å². The van der Waals surface area contributed by atoms with Gasteiger partial charge in [-0.3, -0.25) is 9.69 Å². The molecule has 0 saturated carbocycles. The van der Waals surface area contributed by atoms with E-state index in [0.717, 1.165) is 0 Å². The van der Waals surface area contributed by atoms with Crippen molar-refractivity contribution in [3.8, 4) is 6.07 Å². The SMILES string of the molecule is CCOC(=O)N1CCN(CC(=O)N[C@@](C)(C#N)C(C)C)CC1. The first-order chi connectivity index (χ1) is 10.3. The van der Waals surface area contributed by atoms with Gasteiger partial charge in [-0.05, 0) is 19.8 Å². The molecule has 1 aliphatic rings. The molecule has 1 rings (SSSR count). The van der Waals surface area contributed by atoms with E-state index in [-0.39, 0.29) is 24.5 Å². The van der Waals surface area contributed by atoms with Crippen LogP contribution in [-0.4, -0.2) is 66.7 Å². The molecule has 1 atom stereocenters. The van der Waals surface area contributed by atoms with Crippen LogP contribution in [0.1, 0.15) is 27.7 Å². The van der Waals surface area contributed by atoms with E-state index in [1.54, 1.807) is 18.7 Å². The minimum atomic E-state index is -0.857. The number of nitrogens with zero attached hydrogens (tertiary/aromatic N) is 3. The maximum atomic E-state index is 12.1. The smallest absolute Gasteiger partial charge is 0.409 e. The monoisotopic (exact) mass is 310 g/mol. The topological polar surface area (TPSA) is 85.7 Å². The van der Waals surface area contributed by atoms with Gasteiger partial charge in [-0.25, -0.2) is 4.79 Å². The third-order valence-corrected chi connectivity index (χ3v) is 4.05. The van der Waals surface area contributed by atoms with E-state index in [1.165, 1.54) is 0 Å². The Balaban J connectivity index is 2.42. The molecule has 0 bridgehead atoms. The third kappa shape index (κ3) is 4.88. The van der Waals surface area contributed by atoms with Crippen molar-refractivity contribution in [2.24, 2.45) is 5.92 Å². The molecule has 0 spiro atoms. The molecular formula is C15H26N4O3. The Kier molecular flexibility index (Phi) is 6.62. The van der Waals surface area contributed by atoms with E-state index in [0.29, 0.717) is 32.8 Å². The van der Waals surface area contributed by atoms with Gasteiger partial charge in [-0.15, -0.1) is 0 Å². The van der Waals surface area contributed by atoms with Gasteiger partial charge in [-0.1, -0.05) is 13.8 Å². The van der Waals surface area contributed by atoms with Crippen LogP contribution >= 0.6 is 0 Å². The minimum Gasteiger partial charge on any atom is -0.450 e. The molecule has 0 aromatic carbocycles. The fraction of sp³-hybridized carbons (Fsp3) is 0.800. The van der Waals surface area contributed by atoms with E-state index >= 15 is 0 Å². The average Bonchev–Trinajstić information content (AvgIpc) is 2.47. The lowest BCUT2D eigenvalue weighted by molar-refractivity contribution is -0.124. The number of nitriles is 1. The average molecular weight is 310 g/mol. The largest absolute Gasteiger partial charge is 0.450 e. The van der Waals surface area contributed by atoms with Gasteiger partial charge in [0, 0.05) is 26.2 Å². The lowest BCUT2D eigenvalue weighted by atomic mass is 9.90. The number of nitrogens with one attached hydrogen (secondary N) is 1. The van der Waals surface area contributed by atoms with Gasteiger partial charge in [0.1, 0.15) is 5.54 Å². The predicted molar refractivity (Wildman–Crippen MR) is 82.0 cm³/mol. The maximum Gasteiger partial charge on any atom is 0.409 e. The van der Waals surface area contributed by atoms with Crippen LogP contribution in [0.25, 0.3) is 0 Å². The summed E-state index contributed by atoms with van der Waals surface area (Å²) in [6.45, 7) is 10.3. The Labute approximate surface area is 132 Å². The molecule has 1 saturated heterocycles. The molecule has 0 unspecified atom stereocenters. The predicted octanol–water partition coefficient (Wildman–Crippen LogP) is 0.815. The number of carbonyl (C=O) groups excluding carboxylic acids is 2. The van der Waals surface area contributed by atoms with Gasteiger partial charge in [0.15, 0.2) is 0 Å². The van der Waals surface area contributed by atoms with Crippen LogP contribution in [0.4, 0.5) is 4.79 Å². The van der Waals surface area contributed by atoms with E-state index in [9.17, 15) is 14.9 Å². The number of rotatable bonds is 5. The molecular weight excluding hydrogens is 284 g/mol. The zero-order chi connectivity index (χ0) is 16.8. The second-order valence-corrected chi connectivity index (χ2v) is 5.98. The molecule has 7 heteroatoms. The van der Waals surface area contributed by atoms with Crippen molar-refractivity contribution in [2.45, 2.75) is 33.2 Å². The minimum absolute atomic E-state index is 0.0297. The van der Waals surface area contributed by atoms with Crippen molar-refractivity contribution in [1.82, 2.24) is 15.1 Å². The molecule has 1 aliphatic heterocycles. The fourth-order valence-corrected chi connectivity index (χ4v) is 2.14. The van der Waals surface area contributed by atoms with Crippen LogP contribution in [0.2, 0.25) is 0 Å². The molecule has 0 aliphatic carbocycles. The maximum absolute atomic E-state index is 12.1. The highest BCUT2D eigenvalue weighted by molar-refractivity contribution is 5.79. The van der Waals surface area contributed by atoms with Crippen LogP contribution < -0.4 is 5.32 Å². The summed E-state index contributed by atoms with van der Waals surface area (Å²) in [6.07, 6.45) is -0.302. The highest BCUT2D eigenvalue weighted by atomic mass is 16.6. The normalized spacial score (nSPS) is 18.5. The van der Waals surface area contributed by atoms with E-state index < -0.39 is 5.54 Å². The van der Waals surface area contributed by atoms with E-state index in [4.69, 9.17) is 4.74 Å². The van der Waals surface area contributed by atoms with Crippen LogP contribution in [0, 0.1) is 17.2 Å². The summed E-state index contributed by atoms with van der Waals surface area (Å²) in [5.41, 5.74) is -0.857. The lowest BCUT2D eigenvalue weighted by Gasteiger charge is -2.34. The third-order valence-electron chi connectivity index (χ3n) is 4.05. The van der Waals surface area contributed by atoms with Crippen molar-refractivity contribution in [3.63, 3.8) is 0 Å². The summed E-state index contributed by atoms with van der Waals surface area (Å²) in [5.74, 6) is -0.135. The molecule has 22 heavy (non-hydrogen) atoms. The number of hydrogen-bond donors (Lipinski definition) is 1. The van der Waals surface area contributed by atoms with Gasteiger partial charge in [0.25, 0.3) is 0 Å². The molecule has 124 valence electrons. The zero-order valence-corrected chi connectivity index (χ0v) is 13.9. The Morgan fingerprint density at radius 3 is 2.36 bits per heavy atom. The lowest BCUT2D eigenvalue weighted by Crippen LogP contribution is -2.55. The highest BCUT2D eigenvalue weighted by Crippen LogP contribution is 2.15. The van der Waals surface area contributed by atoms with Crippen molar-refractivity contribution in [2.75, 3.05) is 39.3 Å². The van der Waals surface area contributed by atoms with Crippen molar-refractivity contribution < 1.29 is 14.3 Å². The fourth-order valence-electron chi connectivity index (χ4n) is 2.14. The van der Waals surface area contributed by atoms with Crippen molar-refractivity contribution >= 4 is 12.0 Å². The van der Waals surface area contributed by atoms with Gasteiger partial charge in [-0.2, -0.15) is 5.26 Å². The first-order valence-corrected chi connectivity index (χ1v) is 7.68. The number of amides is 2. The molecule has 1 heterocycles. The molecule has 0 aromatic heterocycles. The molecule has 1 N–H and O–H groups in total. The van der Waals surface area contributed by atoms with Gasteiger partial charge < -0.3 is 15.0 Å². The number of piperazine rings is 1. The standard InChI is InChI=1S/C15H26N4O3/c1-5-22-14(21)19-8-6-18(7-9-19)10-13(20)17-15(4,11-16)12(2)3/h12H,5-10H2,1-4H3,(H,17,20)/t15-/m0/s1. The summed E-state index contributed by atoms with van der Waals surface area (Å²) in [7, 11) is 0. The summed E-state index contributed by atoms with van der Waals surface area (Å²) < 4.78 is 4.96. The van der Waals surface area contributed by atoms with Crippen molar-refractivity contribution in [1.29, 1.82) is 5.26 Å². The van der Waals surface area contributed by atoms with Gasteiger partial charge >= 0.3 is 6.09 Å². The summed E-state index contributed by atoms with van der Waals surface area (Å²) in [5, 5.41) is 12.0. The number of carbonyl (C=O) groups is 2. The Hall–Kier alpha value is -1.81. The summed E-state index contributed by atoms with van der Waals surface area (Å²) in [6, 6.07) is 2.16. The molecule has 0 aromatic rings. The second-order valence-electron chi connectivity index (χ2n) is 5.98. The molecule has 7 nitrogen and oxygen atoms in total. The number of hydrogen-bond acceptors (Lipinski definition) is 5. The van der Waals surface area contributed by atoms with E-state index in [2.05, 4.69) is 11.4 Å². The highest BCUT2D eigenvalue weighted by Gasteiger charge is 2.31. The first kappa shape index (κ1) is 18.2. The quantitative estimate of drug-likeness (QED) is 0.812. The zero-order valence-electron chi connectivity index (χ0n) is 13.9. The summed E-state index contributed by atoms with van der Waals surface area (Å²) in [4.78, 5) is 27.3. The van der Waals surface area contributed by atoms with Crippen molar-refractivity contribution in [3.05, 3.63) is 0 Å². The molecule has 1 fully saturated rings. The molecule has 0 radical (unpaired) electrons. The van der Waals surface area contributed by atoms with Crippen LogP contribution in [0.5, 0.6) is 0 Å². The van der Waals surface area contributed by atoms with Gasteiger partial charge in [0.05, 0.1) is 19.2 Å². The summed E-state index contributed by atoms with van der Waals surface area (Å²) >= 11 is 0. The van der Waals surface area contributed by atoms with Gasteiger partial charge in [0.2, 0.25) is 5.91 Å². The first-order valence-electron chi connectivity index (χ1n) is 7.68. The Morgan fingerprint density at radius 2 is 1.91 bits per heavy atom. The second kappa shape index (κ2) is 7.99. The van der Waals surface area contributed by atoms with Crippen LogP contribution in [-0.2, 0) is 9.53 Å². The molecule has 2 amide bonds. The Bertz CT molecular complexity index is 439. The van der Waals surface area contributed by atoms with E-state index in [1.807, 2.05) is 18.7 Å². The van der Waals surface area contributed by atoms with Crippen LogP contribution in [0.3, 0.4) is 0 Å². The Morgan fingerprint density at radius 1 is 1.32 bits per heavy atom.